The SMILES string of the molecule is O=C(NC1CCN(CCN2CCC3(CC2)COC3)CC1)c1ccc2nc(NCC(F)(F)F)ccc2n1. The van der Waals surface area contributed by atoms with Gasteiger partial charge in [-0.15, -0.1) is 0 Å². The van der Waals surface area contributed by atoms with Crippen molar-refractivity contribution in [1.29, 1.82) is 0 Å². The van der Waals surface area contributed by atoms with Gasteiger partial charge in [0.25, 0.3) is 5.91 Å². The molecule has 1 spiro atoms. The normalized spacial score (nSPS) is 21.4. The van der Waals surface area contributed by atoms with E-state index in [1.54, 1.807) is 18.2 Å². The van der Waals surface area contributed by atoms with E-state index in [4.69, 9.17) is 4.74 Å². The lowest BCUT2D eigenvalue weighted by Crippen LogP contribution is -2.52. The van der Waals surface area contributed by atoms with E-state index >= 15 is 0 Å². The Labute approximate surface area is 208 Å². The van der Waals surface area contributed by atoms with Crippen molar-refractivity contribution in [3.63, 3.8) is 0 Å². The number of hydrogen-bond donors (Lipinski definition) is 2. The number of carbonyl (C=O) groups excluding carboxylic acids is 1. The maximum atomic E-state index is 12.8. The molecule has 0 unspecified atom stereocenters. The van der Waals surface area contributed by atoms with Crippen LogP contribution in [0.5, 0.6) is 0 Å². The van der Waals surface area contributed by atoms with Crippen molar-refractivity contribution in [1.82, 2.24) is 25.1 Å². The number of anilines is 1. The first-order valence-electron chi connectivity index (χ1n) is 12.7. The minimum absolute atomic E-state index is 0.103. The van der Waals surface area contributed by atoms with Crippen molar-refractivity contribution in [2.45, 2.75) is 37.9 Å². The number of halogens is 3. The standard InChI is InChI=1S/C25H33F3N6O2/c26-25(27,28)15-29-22-4-3-19-20(32-22)1-2-21(31-19)23(35)30-18-5-9-33(10-6-18)13-14-34-11-7-24(8-12-34)16-36-17-24/h1-4,18H,5-17H2,(H,29,32)(H,30,35). The van der Waals surface area contributed by atoms with Gasteiger partial charge in [-0.2, -0.15) is 13.2 Å². The average Bonchev–Trinajstić information content (AvgIpc) is 2.85. The predicted molar refractivity (Wildman–Crippen MR) is 130 cm³/mol. The number of nitrogens with one attached hydrogen (secondary N) is 2. The lowest BCUT2D eigenvalue weighted by molar-refractivity contribution is -0.139. The van der Waals surface area contributed by atoms with Gasteiger partial charge in [-0.05, 0) is 63.0 Å². The fourth-order valence-electron chi connectivity index (χ4n) is 5.20. The molecule has 11 heteroatoms. The highest BCUT2D eigenvalue weighted by Crippen LogP contribution is 2.38. The van der Waals surface area contributed by atoms with Crippen molar-refractivity contribution in [2.24, 2.45) is 5.41 Å². The highest BCUT2D eigenvalue weighted by atomic mass is 19.4. The Morgan fingerprint density at radius 3 is 2.25 bits per heavy atom. The average molecular weight is 507 g/mol. The first-order chi connectivity index (χ1) is 17.3. The molecule has 3 fully saturated rings. The van der Waals surface area contributed by atoms with E-state index in [1.807, 2.05) is 0 Å². The van der Waals surface area contributed by atoms with Crippen molar-refractivity contribution < 1.29 is 22.7 Å². The molecule has 0 saturated carbocycles. The summed E-state index contributed by atoms with van der Waals surface area (Å²) in [7, 11) is 0. The summed E-state index contributed by atoms with van der Waals surface area (Å²) in [5, 5.41) is 5.34. The number of likely N-dealkylation sites (tertiary alicyclic amines) is 2. The second kappa shape index (κ2) is 10.5. The van der Waals surface area contributed by atoms with Crippen LogP contribution in [0.2, 0.25) is 0 Å². The van der Waals surface area contributed by atoms with Crippen LogP contribution in [0.4, 0.5) is 19.0 Å². The quantitative estimate of drug-likeness (QED) is 0.598. The molecule has 2 aromatic heterocycles. The third kappa shape index (κ3) is 6.24. The molecule has 5 heterocycles. The van der Waals surface area contributed by atoms with Gasteiger partial charge in [0.2, 0.25) is 0 Å². The summed E-state index contributed by atoms with van der Waals surface area (Å²) < 4.78 is 42.6. The molecule has 196 valence electrons. The summed E-state index contributed by atoms with van der Waals surface area (Å²) in [6.07, 6.45) is -0.0349. The molecular formula is C25H33F3N6O2. The smallest absolute Gasteiger partial charge is 0.380 e. The van der Waals surface area contributed by atoms with Crippen LogP contribution in [-0.2, 0) is 4.74 Å². The molecule has 2 N–H and O–H groups in total. The highest BCUT2D eigenvalue weighted by molar-refractivity contribution is 5.94. The fourth-order valence-corrected chi connectivity index (χ4v) is 5.20. The van der Waals surface area contributed by atoms with Gasteiger partial charge in [0, 0.05) is 37.6 Å². The molecule has 5 rings (SSSR count). The summed E-state index contributed by atoms with van der Waals surface area (Å²) in [4.78, 5) is 26.3. The molecule has 0 radical (unpaired) electrons. The van der Waals surface area contributed by atoms with Crippen LogP contribution in [0.3, 0.4) is 0 Å². The molecule has 0 bridgehead atoms. The van der Waals surface area contributed by atoms with E-state index in [9.17, 15) is 18.0 Å². The number of rotatable bonds is 7. The molecular weight excluding hydrogens is 473 g/mol. The third-order valence-corrected chi connectivity index (χ3v) is 7.63. The van der Waals surface area contributed by atoms with Crippen LogP contribution in [0, 0.1) is 5.41 Å². The van der Waals surface area contributed by atoms with Gasteiger partial charge in [0.1, 0.15) is 18.1 Å². The number of amides is 1. The summed E-state index contributed by atoms with van der Waals surface area (Å²) in [5.41, 5.74) is 1.64. The molecule has 1 amide bonds. The van der Waals surface area contributed by atoms with Crippen LogP contribution < -0.4 is 10.6 Å². The van der Waals surface area contributed by atoms with E-state index in [0.29, 0.717) is 16.4 Å². The zero-order valence-electron chi connectivity index (χ0n) is 20.3. The Bertz CT molecular complexity index is 1060. The Kier molecular flexibility index (Phi) is 7.32. The third-order valence-electron chi connectivity index (χ3n) is 7.63. The number of alkyl halides is 3. The highest BCUT2D eigenvalue weighted by Gasteiger charge is 2.41. The van der Waals surface area contributed by atoms with Gasteiger partial charge in [0.05, 0.1) is 24.2 Å². The number of fused-ring (bicyclic) bond motifs is 1. The van der Waals surface area contributed by atoms with E-state index in [2.05, 4.69) is 30.4 Å². The molecule has 0 aliphatic carbocycles. The van der Waals surface area contributed by atoms with Crippen molar-refractivity contribution in [3.05, 3.63) is 30.0 Å². The monoisotopic (exact) mass is 506 g/mol. The fraction of sp³-hybridized carbons (Fsp3) is 0.640. The number of nitrogens with zero attached hydrogens (tertiary/aromatic N) is 4. The summed E-state index contributed by atoms with van der Waals surface area (Å²) >= 11 is 0. The van der Waals surface area contributed by atoms with Crippen molar-refractivity contribution >= 4 is 22.8 Å². The minimum atomic E-state index is -4.32. The summed E-state index contributed by atoms with van der Waals surface area (Å²) in [6.45, 7) is 7.11. The number of pyridine rings is 2. The van der Waals surface area contributed by atoms with Crippen LogP contribution in [-0.4, -0.2) is 96.9 Å². The Morgan fingerprint density at radius 1 is 0.972 bits per heavy atom. The minimum Gasteiger partial charge on any atom is -0.380 e. The van der Waals surface area contributed by atoms with E-state index < -0.39 is 12.7 Å². The maximum Gasteiger partial charge on any atom is 0.405 e. The summed E-state index contributed by atoms with van der Waals surface area (Å²) in [5.74, 6) is -0.125. The maximum absolute atomic E-state index is 12.8. The van der Waals surface area contributed by atoms with Crippen molar-refractivity contribution in [2.75, 3.05) is 64.3 Å². The van der Waals surface area contributed by atoms with Gasteiger partial charge >= 0.3 is 6.18 Å². The number of aromatic nitrogens is 2. The number of carbonyl (C=O) groups is 1. The van der Waals surface area contributed by atoms with Crippen LogP contribution in [0.25, 0.3) is 11.0 Å². The predicted octanol–water partition coefficient (Wildman–Crippen LogP) is 2.91. The lowest BCUT2D eigenvalue weighted by atomic mass is 9.77. The Hall–Kier alpha value is -2.50. The number of piperidine rings is 2. The summed E-state index contributed by atoms with van der Waals surface area (Å²) in [6, 6.07) is 6.28. The molecule has 2 aromatic rings. The lowest BCUT2D eigenvalue weighted by Gasteiger charge is -2.47. The number of ether oxygens (including phenoxy) is 1. The van der Waals surface area contributed by atoms with E-state index in [0.717, 1.165) is 65.3 Å². The van der Waals surface area contributed by atoms with E-state index in [1.165, 1.54) is 18.9 Å². The molecule has 3 aliphatic heterocycles. The largest absolute Gasteiger partial charge is 0.405 e. The Balaban J connectivity index is 1.05. The van der Waals surface area contributed by atoms with Gasteiger partial charge in [-0.3, -0.25) is 4.79 Å². The molecule has 8 nitrogen and oxygen atoms in total. The van der Waals surface area contributed by atoms with E-state index in [-0.39, 0.29) is 23.5 Å². The topological polar surface area (TPSA) is 82.6 Å². The van der Waals surface area contributed by atoms with Gasteiger partial charge < -0.3 is 25.2 Å². The zero-order chi connectivity index (χ0) is 25.2. The van der Waals surface area contributed by atoms with Gasteiger partial charge in [-0.1, -0.05) is 0 Å². The first kappa shape index (κ1) is 25.2. The molecule has 36 heavy (non-hydrogen) atoms. The molecule has 0 atom stereocenters. The van der Waals surface area contributed by atoms with Gasteiger partial charge in [-0.25, -0.2) is 9.97 Å². The second-order valence-corrected chi connectivity index (χ2v) is 10.3. The molecule has 3 saturated heterocycles. The van der Waals surface area contributed by atoms with Crippen LogP contribution in [0.15, 0.2) is 24.3 Å². The number of hydrogen-bond acceptors (Lipinski definition) is 7. The second-order valence-electron chi connectivity index (χ2n) is 10.3. The molecule has 0 aromatic carbocycles. The first-order valence-corrected chi connectivity index (χ1v) is 12.7. The van der Waals surface area contributed by atoms with Crippen LogP contribution >= 0.6 is 0 Å². The Morgan fingerprint density at radius 2 is 1.61 bits per heavy atom. The van der Waals surface area contributed by atoms with Gasteiger partial charge in [0.15, 0.2) is 0 Å². The van der Waals surface area contributed by atoms with Crippen LogP contribution in [0.1, 0.15) is 36.2 Å². The van der Waals surface area contributed by atoms with Crippen molar-refractivity contribution in [3.8, 4) is 0 Å². The molecule has 3 aliphatic rings. The zero-order valence-corrected chi connectivity index (χ0v) is 20.3.